The highest BCUT2D eigenvalue weighted by Gasteiger charge is 2.38. The number of phenolic OH excluding ortho intramolecular Hbond substituents is 1. The summed E-state index contributed by atoms with van der Waals surface area (Å²) in [5.41, 5.74) is 4.57. The molecule has 0 saturated heterocycles. The molecule has 2 N–H and O–H groups in total. The molecule has 0 aliphatic carbocycles. The molecule has 1 atom stereocenters. The third-order valence-corrected chi connectivity index (χ3v) is 6.34. The topological polar surface area (TPSA) is 32.3 Å². The van der Waals surface area contributed by atoms with Gasteiger partial charge in [-0.1, -0.05) is 42.1 Å². The van der Waals surface area contributed by atoms with Crippen LogP contribution in [0.25, 0.3) is 0 Å². The molecule has 1 aliphatic rings. The summed E-state index contributed by atoms with van der Waals surface area (Å²) in [6.07, 6.45) is 0. The number of aromatic hydroxyl groups is 1. The Morgan fingerprint density at radius 1 is 0.963 bits per heavy atom. The second kappa shape index (κ2) is 6.95. The number of anilines is 1. The van der Waals surface area contributed by atoms with Crippen LogP contribution < -0.4 is 9.80 Å². The number of quaternary nitrogens is 1. The van der Waals surface area contributed by atoms with Crippen LogP contribution in [0.15, 0.2) is 76.5 Å². The minimum atomic E-state index is 0.173. The van der Waals surface area contributed by atoms with Gasteiger partial charge in [-0.2, -0.15) is 0 Å². The zero-order chi connectivity index (χ0) is 19.0. The van der Waals surface area contributed by atoms with Crippen molar-refractivity contribution in [1.29, 1.82) is 0 Å². The van der Waals surface area contributed by atoms with Gasteiger partial charge < -0.3 is 10.4 Å². The summed E-state index contributed by atoms with van der Waals surface area (Å²) in [5, 5.41) is 13.7. The number of rotatable bonds is 4. The molecule has 1 heterocycles. The van der Waals surface area contributed by atoms with Crippen LogP contribution >= 0.6 is 11.8 Å². The van der Waals surface area contributed by atoms with Gasteiger partial charge in [0.15, 0.2) is 11.4 Å². The number of aryl methyl sites for hydroxylation is 1. The fraction of sp³-hybridized carbons (Fsp3) is 0.217. The summed E-state index contributed by atoms with van der Waals surface area (Å²) in [6.45, 7) is 5.09. The molecular formula is C23H25N2OS+. The van der Waals surface area contributed by atoms with Crippen molar-refractivity contribution in [3.63, 3.8) is 0 Å². The average Bonchev–Trinajstić information content (AvgIpc) is 2.65. The molecule has 0 saturated carbocycles. The number of nitrogens with zero attached hydrogens (tertiary/aromatic N) is 1. The predicted octanol–water partition coefficient (Wildman–Crippen LogP) is 5.93. The second-order valence-corrected chi connectivity index (χ2v) is 8.56. The standard InChI is InChI=1S/C23H24N2OS/c1-16-12-13-21(26)18(14-16)24-17(2)15-25(3)19-8-4-6-10-22(19)27-23-11-7-5-9-20(23)25/h4-14,17,24H,15H2,1-3H3/p+1. The van der Waals surface area contributed by atoms with Crippen LogP contribution in [-0.4, -0.2) is 24.7 Å². The van der Waals surface area contributed by atoms with E-state index < -0.39 is 0 Å². The molecule has 3 nitrogen and oxygen atoms in total. The van der Waals surface area contributed by atoms with Crippen molar-refractivity contribution in [1.82, 2.24) is 4.48 Å². The smallest absolute Gasteiger partial charge is 0.151 e. The van der Waals surface area contributed by atoms with E-state index in [-0.39, 0.29) is 6.04 Å². The largest absolute Gasteiger partial charge is 0.506 e. The second-order valence-electron chi connectivity index (χ2n) is 7.48. The molecule has 3 aromatic carbocycles. The van der Waals surface area contributed by atoms with Crippen LogP contribution in [0.2, 0.25) is 0 Å². The fourth-order valence-corrected chi connectivity index (χ4v) is 5.25. The third-order valence-electron chi connectivity index (χ3n) is 5.21. The van der Waals surface area contributed by atoms with Crippen molar-refractivity contribution in [3.05, 3.63) is 72.3 Å². The van der Waals surface area contributed by atoms with Crippen LogP contribution in [-0.2, 0) is 0 Å². The molecule has 1 aliphatic heterocycles. The molecular weight excluding hydrogens is 352 g/mol. The van der Waals surface area contributed by atoms with Crippen molar-refractivity contribution in [2.24, 2.45) is 0 Å². The highest BCUT2D eigenvalue weighted by Crippen LogP contribution is 2.51. The number of benzene rings is 3. The maximum Gasteiger partial charge on any atom is 0.151 e. The van der Waals surface area contributed by atoms with Gasteiger partial charge in [-0.15, -0.1) is 0 Å². The number of likely N-dealkylation sites (N-methyl/N-ethyl adjacent to an activating group) is 1. The van der Waals surface area contributed by atoms with Crippen molar-refractivity contribution in [2.75, 3.05) is 18.9 Å². The van der Waals surface area contributed by atoms with E-state index in [1.165, 1.54) is 21.2 Å². The lowest BCUT2D eigenvalue weighted by Crippen LogP contribution is -2.48. The van der Waals surface area contributed by atoms with Gasteiger partial charge >= 0.3 is 0 Å². The molecule has 0 spiro atoms. The Hall–Kier alpha value is -2.43. The molecule has 4 heteroatoms. The summed E-state index contributed by atoms with van der Waals surface area (Å²) in [4.78, 5) is 2.62. The average molecular weight is 378 g/mol. The molecule has 138 valence electrons. The van der Waals surface area contributed by atoms with E-state index in [1.807, 2.05) is 30.8 Å². The Labute approximate surface area is 165 Å². The highest BCUT2D eigenvalue weighted by atomic mass is 32.2. The van der Waals surface area contributed by atoms with Gasteiger partial charge in [-0.25, -0.2) is 0 Å². The minimum absolute atomic E-state index is 0.173. The van der Waals surface area contributed by atoms with Crippen molar-refractivity contribution in [2.45, 2.75) is 29.7 Å². The first-order valence-corrected chi connectivity index (χ1v) is 10.1. The number of para-hydroxylation sites is 2. The lowest BCUT2D eigenvalue weighted by Gasteiger charge is -2.40. The molecule has 0 amide bonds. The normalized spacial score (nSPS) is 15.5. The van der Waals surface area contributed by atoms with E-state index in [0.29, 0.717) is 5.75 Å². The number of hydrogen-bond acceptors (Lipinski definition) is 3. The van der Waals surface area contributed by atoms with E-state index in [4.69, 9.17) is 0 Å². The number of nitrogens with one attached hydrogen (secondary N) is 1. The Morgan fingerprint density at radius 2 is 1.56 bits per heavy atom. The molecule has 27 heavy (non-hydrogen) atoms. The summed E-state index contributed by atoms with van der Waals surface area (Å²) in [6, 6.07) is 23.2. The minimum Gasteiger partial charge on any atom is -0.506 e. The lowest BCUT2D eigenvalue weighted by atomic mass is 10.1. The highest BCUT2D eigenvalue weighted by molar-refractivity contribution is 7.99. The first-order chi connectivity index (χ1) is 13.0. The quantitative estimate of drug-likeness (QED) is 0.436. The summed E-state index contributed by atoms with van der Waals surface area (Å²) < 4.78 is 0.736. The first kappa shape index (κ1) is 18.0. The van der Waals surface area contributed by atoms with Gasteiger partial charge in [0.25, 0.3) is 0 Å². The zero-order valence-electron chi connectivity index (χ0n) is 15.9. The van der Waals surface area contributed by atoms with Gasteiger partial charge in [0.05, 0.1) is 28.6 Å². The van der Waals surface area contributed by atoms with E-state index in [2.05, 4.69) is 67.8 Å². The molecule has 0 aromatic heterocycles. The van der Waals surface area contributed by atoms with E-state index in [9.17, 15) is 5.11 Å². The lowest BCUT2D eigenvalue weighted by molar-refractivity contribution is 0.420. The Kier molecular flexibility index (Phi) is 4.62. The first-order valence-electron chi connectivity index (χ1n) is 9.26. The molecule has 1 unspecified atom stereocenters. The van der Waals surface area contributed by atoms with Gasteiger partial charge in [0.2, 0.25) is 0 Å². The van der Waals surface area contributed by atoms with Crippen molar-refractivity contribution in [3.8, 4) is 5.75 Å². The summed E-state index contributed by atoms with van der Waals surface area (Å²) in [5.74, 6) is 0.296. The zero-order valence-corrected chi connectivity index (χ0v) is 16.8. The van der Waals surface area contributed by atoms with E-state index in [0.717, 1.165) is 22.3 Å². The summed E-state index contributed by atoms with van der Waals surface area (Å²) in [7, 11) is 2.28. The monoisotopic (exact) mass is 377 g/mol. The summed E-state index contributed by atoms with van der Waals surface area (Å²) >= 11 is 1.84. The van der Waals surface area contributed by atoms with Gasteiger partial charge in [0.1, 0.15) is 12.3 Å². The molecule has 4 rings (SSSR count). The van der Waals surface area contributed by atoms with Crippen LogP contribution in [0, 0.1) is 6.92 Å². The maximum absolute atomic E-state index is 10.2. The molecule has 0 bridgehead atoms. The van der Waals surface area contributed by atoms with Crippen LogP contribution in [0.4, 0.5) is 17.1 Å². The van der Waals surface area contributed by atoms with Crippen LogP contribution in [0.3, 0.4) is 0 Å². The SMILES string of the molecule is Cc1ccc(O)c(NC(C)C[N+]2(C)c3ccccc3Sc3ccccc32)c1. The van der Waals surface area contributed by atoms with Gasteiger partial charge in [-0.3, -0.25) is 4.48 Å². The molecule has 0 radical (unpaired) electrons. The van der Waals surface area contributed by atoms with Crippen LogP contribution in [0.5, 0.6) is 5.75 Å². The van der Waals surface area contributed by atoms with E-state index >= 15 is 0 Å². The fourth-order valence-electron chi connectivity index (χ4n) is 3.97. The maximum atomic E-state index is 10.2. The van der Waals surface area contributed by atoms with Gasteiger partial charge in [0, 0.05) is 12.1 Å². The van der Waals surface area contributed by atoms with Gasteiger partial charge in [-0.05, 0) is 43.7 Å². The number of hydrogen-bond donors (Lipinski definition) is 2. The molecule has 3 aromatic rings. The third kappa shape index (κ3) is 3.31. The van der Waals surface area contributed by atoms with Crippen molar-refractivity contribution >= 4 is 28.8 Å². The van der Waals surface area contributed by atoms with Crippen LogP contribution in [0.1, 0.15) is 12.5 Å². The van der Waals surface area contributed by atoms with E-state index in [1.54, 1.807) is 6.07 Å². The molecule has 0 fully saturated rings. The number of phenols is 1. The van der Waals surface area contributed by atoms with Crippen molar-refractivity contribution < 1.29 is 5.11 Å². The number of fused-ring (bicyclic) bond motifs is 2. The Bertz CT molecular complexity index is 940. The predicted molar refractivity (Wildman–Crippen MR) is 115 cm³/mol. The Balaban J connectivity index is 1.69. The Morgan fingerprint density at radius 3 is 2.19 bits per heavy atom.